The van der Waals surface area contributed by atoms with E-state index in [2.05, 4.69) is 5.32 Å². The Balaban J connectivity index is 1.61. The molecule has 1 saturated heterocycles. The number of benzene rings is 1. The van der Waals surface area contributed by atoms with Crippen molar-refractivity contribution in [2.75, 3.05) is 18.4 Å². The van der Waals surface area contributed by atoms with Crippen LogP contribution in [0.25, 0.3) is 0 Å². The predicted molar refractivity (Wildman–Crippen MR) is 80.7 cm³/mol. The lowest BCUT2D eigenvalue weighted by molar-refractivity contribution is -0.129. The van der Waals surface area contributed by atoms with Crippen molar-refractivity contribution in [1.29, 1.82) is 0 Å². The second kappa shape index (κ2) is 5.13. The van der Waals surface area contributed by atoms with E-state index < -0.39 is 5.79 Å². The van der Waals surface area contributed by atoms with Crippen LogP contribution >= 0.6 is 0 Å². The van der Waals surface area contributed by atoms with Gasteiger partial charge in [0.2, 0.25) is 11.7 Å². The maximum atomic E-state index is 11.3. The third-order valence-corrected chi connectivity index (χ3v) is 3.97. The first kappa shape index (κ1) is 14.0. The van der Waals surface area contributed by atoms with Crippen molar-refractivity contribution in [2.45, 2.75) is 45.4 Å². The second-order valence-electron chi connectivity index (χ2n) is 6.19. The fourth-order valence-corrected chi connectivity index (χ4v) is 2.89. The van der Waals surface area contributed by atoms with Gasteiger partial charge in [0.05, 0.1) is 0 Å². The van der Waals surface area contributed by atoms with E-state index in [1.807, 2.05) is 36.9 Å². The number of hydrogen-bond acceptors (Lipinski definition) is 4. The molecule has 2 aliphatic rings. The molecule has 0 bridgehead atoms. The van der Waals surface area contributed by atoms with Crippen molar-refractivity contribution in [3.63, 3.8) is 0 Å². The number of carbonyl (C=O) groups is 1. The number of amides is 1. The van der Waals surface area contributed by atoms with Gasteiger partial charge < -0.3 is 19.7 Å². The molecule has 0 spiro atoms. The first-order valence-electron chi connectivity index (χ1n) is 7.47. The van der Waals surface area contributed by atoms with Crippen LogP contribution in [0.15, 0.2) is 18.2 Å². The molecule has 0 aliphatic carbocycles. The average molecular weight is 290 g/mol. The number of hydrogen-bond donors (Lipinski definition) is 1. The molecule has 1 fully saturated rings. The Morgan fingerprint density at radius 3 is 2.57 bits per heavy atom. The molecule has 0 saturated carbocycles. The summed E-state index contributed by atoms with van der Waals surface area (Å²) >= 11 is 0. The van der Waals surface area contributed by atoms with Gasteiger partial charge >= 0.3 is 0 Å². The maximum absolute atomic E-state index is 11.3. The SMILES string of the molecule is CC(=O)N1CCC(Nc2ccc3c(c2)OC(C)(C)O3)CC1. The molecular formula is C16H22N2O3. The van der Waals surface area contributed by atoms with Crippen LogP contribution in [0.1, 0.15) is 33.6 Å². The summed E-state index contributed by atoms with van der Waals surface area (Å²) in [4.78, 5) is 13.2. The Kier molecular flexibility index (Phi) is 3.43. The van der Waals surface area contributed by atoms with Crippen LogP contribution in [0.2, 0.25) is 0 Å². The molecule has 2 aliphatic heterocycles. The van der Waals surface area contributed by atoms with Crippen molar-refractivity contribution in [3.05, 3.63) is 18.2 Å². The molecule has 2 heterocycles. The zero-order valence-corrected chi connectivity index (χ0v) is 12.8. The van der Waals surface area contributed by atoms with Crippen molar-refractivity contribution >= 4 is 11.6 Å². The Morgan fingerprint density at radius 2 is 1.90 bits per heavy atom. The van der Waals surface area contributed by atoms with Gasteiger partial charge in [0.25, 0.3) is 0 Å². The van der Waals surface area contributed by atoms with Gasteiger partial charge in [-0.05, 0) is 25.0 Å². The van der Waals surface area contributed by atoms with E-state index in [9.17, 15) is 4.79 Å². The van der Waals surface area contributed by atoms with Crippen LogP contribution in [-0.2, 0) is 4.79 Å². The lowest BCUT2D eigenvalue weighted by atomic mass is 10.0. The van der Waals surface area contributed by atoms with Crippen LogP contribution in [0.5, 0.6) is 11.5 Å². The molecule has 1 amide bonds. The fraction of sp³-hybridized carbons (Fsp3) is 0.562. The van der Waals surface area contributed by atoms with Crippen LogP contribution in [-0.4, -0.2) is 35.7 Å². The summed E-state index contributed by atoms with van der Waals surface area (Å²) < 4.78 is 11.4. The number of nitrogens with zero attached hydrogens (tertiary/aromatic N) is 1. The average Bonchev–Trinajstić information content (AvgIpc) is 2.72. The van der Waals surface area contributed by atoms with Crippen LogP contribution in [0.4, 0.5) is 5.69 Å². The molecule has 0 radical (unpaired) electrons. The maximum Gasteiger partial charge on any atom is 0.246 e. The summed E-state index contributed by atoms with van der Waals surface area (Å²) in [5.74, 6) is 1.15. The fourth-order valence-electron chi connectivity index (χ4n) is 2.89. The number of ether oxygens (including phenoxy) is 2. The van der Waals surface area contributed by atoms with Crippen LogP contribution in [0.3, 0.4) is 0 Å². The van der Waals surface area contributed by atoms with Crippen molar-refractivity contribution in [2.24, 2.45) is 0 Å². The van der Waals surface area contributed by atoms with Crippen molar-refractivity contribution in [3.8, 4) is 11.5 Å². The van der Waals surface area contributed by atoms with Gasteiger partial charge in [0, 0.05) is 51.7 Å². The van der Waals surface area contributed by atoms with E-state index in [0.717, 1.165) is 43.1 Å². The number of piperidine rings is 1. The van der Waals surface area contributed by atoms with Gasteiger partial charge in [-0.15, -0.1) is 0 Å². The summed E-state index contributed by atoms with van der Waals surface area (Å²) in [6.45, 7) is 7.08. The highest BCUT2D eigenvalue weighted by molar-refractivity contribution is 5.73. The monoisotopic (exact) mass is 290 g/mol. The van der Waals surface area contributed by atoms with Gasteiger partial charge in [-0.3, -0.25) is 4.79 Å². The zero-order valence-electron chi connectivity index (χ0n) is 12.8. The Labute approximate surface area is 125 Å². The summed E-state index contributed by atoms with van der Waals surface area (Å²) in [6, 6.07) is 6.34. The molecule has 1 N–H and O–H groups in total. The summed E-state index contributed by atoms with van der Waals surface area (Å²) in [7, 11) is 0. The molecule has 3 rings (SSSR count). The van der Waals surface area contributed by atoms with E-state index >= 15 is 0 Å². The first-order valence-corrected chi connectivity index (χ1v) is 7.47. The zero-order chi connectivity index (χ0) is 15.0. The minimum atomic E-state index is -0.589. The van der Waals surface area contributed by atoms with Crippen LogP contribution < -0.4 is 14.8 Å². The molecule has 0 aromatic heterocycles. The molecule has 21 heavy (non-hydrogen) atoms. The topological polar surface area (TPSA) is 50.8 Å². The molecule has 1 aromatic rings. The summed E-state index contributed by atoms with van der Waals surface area (Å²) in [5.41, 5.74) is 1.04. The number of fused-ring (bicyclic) bond motifs is 1. The van der Waals surface area contributed by atoms with Gasteiger partial charge in [0.15, 0.2) is 11.5 Å². The highest BCUT2D eigenvalue weighted by atomic mass is 16.7. The normalized spacial score (nSPS) is 20.4. The molecule has 5 heteroatoms. The van der Waals surface area contributed by atoms with Crippen molar-refractivity contribution < 1.29 is 14.3 Å². The van der Waals surface area contributed by atoms with Gasteiger partial charge in [-0.25, -0.2) is 0 Å². The second-order valence-corrected chi connectivity index (χ2v) is 6.19. The molecule has 0 unspecified atom stereocenters. The lowest BCUT2D eigenvalue weighted by Gasteiger charge is -2.32. The smallest absolute Gasteiger partial charge is 0.246 e. The van der Waals surface area contributed by atoms with E-state index in [1.165, 1.54) is 0 Å². The summed E-state index contributed by atoms with van der Waals surface area (Å²) in [5, 5.41) is 3.52. The lowest BCUT2D eigenvalue weighted by Crippen LogP contribution is -2.41. The quantitative estimate of drug-likeness (QED) is 0.909. The number of rotatable bonds is 2. The minimum absolute atomic E-state index is 0.166. The van der Waals surface area contributed by atoms with Gasteiger partial charge in [0.1, 0.15) is 0 Å². The number of anilines is 1. The number of likely N-dealkylation sites (tertiary alicyclic amines) is 1. The van der Waals surface area contributed by atoms with E-state index in [0.29, 0.717) is 6.04 Å². The van der Waals surface area contributed by atoms with Gasteiger partial charge in [-0.2, -0.15) is 0 Å². The molecule has 0 atom stereocenters. The first-order chi connectivity index (χ1) is 9.93. The number of nitrogens with one attached hydrogen (secondary N) is 1. The Hall–Kier alpha value is -1.91. The highest BCUT2D eigenvalue weighted by Gasteiger charge is 2.31. The third-order valence-electron chi connectivity index (χ3n) is 3.97. The van der Waals surface area contributed by atoms with E-state index in [4.69, 9.17) is 9.47 Å². The molecular weight excluding hydrogens is 268 g/mol. The van der Waals surface area contributed by atoms with E-state index in [1.54, 1.807) is 6.92 Å². The standard InChI is InChI=1S/C16H22N2O3/c1-11(19)18-8-6-12(7-9-18)17-13-4-5-14-15(10-13)21-16(2,3)20-14/h4-5,10,12,17H,6-9H2,1-3H3. The van der Waals surface area contributed by atoms with E-state index in [-0.39, 0.29) is 5.91 Å². The molecule has 1 aromatic carbocycles. The number of carbonyl (C=O) groups excluding carboxylic acids is 1. The highest BCUT2D eigenvalue weighted by Crippen LogP contribution is 2.40. The summed E-state index contributed by atoms with van der Waals surface area (Å²) in [6.07, 6.45) is 1.94. The Bertz CT molecular complexity index is 548. The van der Waals surface area contributed by atoms with Crippen LogP contribution in [0, 0.1) is 0 Å². The van der Waals surface area contributed by atoms with Gasteiger partial charge in [-0.1, -0.05) is 0 Å². The Morgan fingerprint density at radius 1 is 1.24 bits per heavy atom. The van der Waals surface area contributed by atoms with Crippen molar-refractivity contribution in [1.82, 2.24) is 4.90 Å². The third kappa shape index (κ3) is 3.06. The molecule has 114 valence electrons. The molecule has 5 nitrogen and oxygen atoms in total. The predicted octanol–water partition coefficient (Wildman–Crippen LogP) is 2.62. The largest absolute Gasteiger partial charge is 0.449 e. The minimum Gasteiger partial charge on any atom is -0.449 e.